The van der Waals surface area contributed by atoms with Crippen LogP contribution in [0.4, 0.5) is 0 Å². The van der Waals surface area contributed by atoms with Crippen LogP contribution in [0.5, 0.6) is 0 Å². The number of hydrogen-bond acceptors (Lipinski definition) is 2. The van der Waals surface area contributed by atoms with Crippen LogP contribution >= 0.6 is 22.7 Å². The van der Waals surface area contributed by atoms with E-state index in [-0.39, 0.29) is 0 Å². The van der Waals surface area contributed by atoms with Gasteiger partial charge < -0.3 is 0 Å². The van der Waals surface area contributed by atoms with Gasteiger partial charge in [-0.15, -0.1) is 22.7 Å². The van der Waals surface area contributed by atoms with E-state index in [0.29, 0.717) is 0 Å². The molecule has 4 aromatic rings. The predicted molar refractivity (Wildman–Crippen MR) is 223 cm³/mol. The van der Waals surface area contributed by atoms with Crippen LogP contribution in [0.3, 0.4) is 0 Å². The molecule has 0 atom stereocenters. The van der Waals surface area contributed by atoms with E-state index in [9.17, 15) is 0 Å². The van der Waals surface area contributed by atoms with Crippen molar-refractivity contribution in [3.63, 3.8) is 0 Å². The Balaban J connectivity index is 1.15. The Morgan fingerprint density at radius 2 is 0.604 bits per heavy atom. The van der Waals surface area contributed by atoms with Crippen molar-refractivity contribution >= 4 is 53.6 Å². The highest BCUT2D eigenvalue weighted by molar-refractivity contribution is 7.19. The first-order chi connectivity index (χ1) is 23.8. The molecule has 0 aliphatic carbocycles. The van der Waals surface area contributed by atoms with Crippen molar-refractivity contribution in [1.82, 2.24) is 0 Å². The van der Waals surface area contributed by atoms with Gasteiger partial charge in [-0.1, -0.05) is 181 Å². The van der Waals surface area contributed by atoms with E-state index in [1.54, 1.807) is 11.1 Å². The van der Waals surface area contributed by atoms with E-state index in [2.05, 4.69) is 48.9 Å². The van der Waals surface area contributed by atoms with E-state index in [1.165, 1.54) is 224 Å². The third kappa shape index (κ3) is 13.7. The number of hydrogen-bond donors (Lipinski definition) is 0. The maximum absolute atomic E-state index is 2.59. The van der Waals surface area contributed by atoms with Crippen molar-refractivity contribution in [2.45, 2.75) is 206 Å². The highest BCUT2D eigenvalue weighted by atomic mass is 32.1. The molecule has 48 heavy (non-hydrogen) atoms. The molecule has 2 aromatic carbocycles. The van der Waals surface area contributed by atoms with Crippen molar-refractivity contribution in [3.8, 4) is 0 Å². The molecule has 0 spiro atoms. The van der Waals surface area contributed by atoms with Crippen molar-refractivity contribution in [1.29, 1.82) is 0 Å². The smallest absolute Gasteiger partial charge is 0.0424 e. The summed E-state index contributed by atoms with van der Waals surface area (Å²) in [4.78, 5) is 0. The summed E-state index contributed by atoms with van der Waals surface area (Å²) in [5.41, 5.74) is 3.18. The minimum absolute atomic E-state index is 1.23. The van der Waals surface area contributed by atoms with Gasteiger partial charge in [0.2, 0.25) is 0 Å². The normalized spacial score (nSPS) is 12.0. The van der Waals surface area contributed by atoms with E-state index in [0.717, 1.165) is 0 Å². The lowest BCUT2D eigenvalue weighted by Crippen LogP contribution is -1.92. The third-order valence-corrected chi connectivity index (χ3v) is 12.9. The molecule has 0 nitrogen and oxygen atoms in total. The molecule has 0 radical (unpaired) electrons. The average Bonchev–Trinajstić information content (AvgIpc) is 3.80. The molecule has 0 aliphatic heterocycles. The fourth-order valence-electron chi connectivity index (χ4n) is 8.01. The first-order valence-corrected chi connectivity index (χ1v) is 22.9. The van der Waals surface area contributed by atoms with Gasteiger partial charge in [0.25, 0.3) is 0 Å². The summed E-state index contributed by atoms with van der Waals surface area (Å²) < 4.78 is 3.07. The van der Waals surface area contributed by atoms with Crippen LogP contribution in [0.25, 0.3) is 30.9 Å². The number of benzene rings is 2. The van der Waals surface area contributed by atoms with Crippen LogP contribution < -0.4 is 0 Å². The van der Waals surface area contributed by atoms with Crippen LogP contribution in [0, 0.1) is 0 Å². The zero-order valence-electron chi connectivity index (χ0n) is 31.5. The molecule has 0 saturated heterocycles. The van der Waals surface area contributed by atoms with Gasteiger partial charge in [-0.3, -0.25) is 0 Å². The van der Waals surface area contributed by atoms with Gasteiger partial charge in [0, 0.05) is 20.2 Å². The second-order valence-corrected chi connectivity index (χ2v) is 17.0. The summed E-state index contributed by atoms with van der Waals surface area (Å²) in [5.74, 6) is 0. The molecule has 0 bridgehead atoms. The fourth-order valence-corrected chi connectivity index (χ4v) is 9.93. The van der Waals surface area contributed by atoms with Crippen LogP contribution in [-0.4, -0.2) is 0 Å². The van der Waals surface area contributed by atoms with Gasteiger partial charge in [-0.25, -0.2) is 0 Å². The lowest BCUT2D eigenvalue weighted by atomic mass is 9.94. The van der Waals surface area contributed by atoms with Gasteiger partial charge in [-0.2, -0.15) is 0 Å². The summed E-state index contributed by atoms with van der Waals surface area (Å²) in [6.45, 7) is 4.62. The SMILES string of the molecule is CCCCCCCCCCCCCCCCc1cc2c(cc(CCCCCCCCCCCCCCCC)c3ccsc32)c2sccc12. The summed E-state index contributed by atoms with van der Waals surface area (Å²) in [5, 5.41) is 10.8. The standard InChI is InChI=1S/C46H72S2/c1-3-5-7-9-11-13-15-17-19-21-23-25-27-29-31-39-37-43-44(45-41(39)33-35-47-45)38-40(42-34-36-48-46(42)43)32-30-28-26-24-22-20-18-16-14-12-10-8-6-4-2/h33-38H,3-32H2,1-2H3. The van der Waals surface area contributed by atoms with Gasteiger partial charge >= 0.3 is 0 Å². The lowest BCUT2D eigenvalue weighted by molar-refractivity contribution is 0.535. The topological polar surface area (TPSA) is 0 Å². The Kier molecular flexibility index (Phi) is 20.3. The molecule has 4 rings (SSSR count). The summed E-state index contributed by atoms with van der Waals surface area (Å²) in [6.07, 6.45) is 42.5. The Labute approximate surface area is 304 Å². The van der Waals surface area contributed by atoms with Crippen LogP contribution in [0.15, 0.2) is 35.0 Å². The van der Waals surface area contributed by atoms with Crippen LogP contribution in [-0.2, 0) is 12.8 Å². The molecule has 0 amide bonds. The zero-order valence-corrected chi connectivity index (χ0v) is 33.1. The molecule has 0 saturated carbocycles. The molecule has 268 valence electrons. The molecular weight excluding hydrogens is 617 g/mol. The molecule has 0 fully saturated rings. The van der Waals surface area contributed by atoms with Gasteiger partial charge in [0.15, 0.2) is 0 Å². The highest BCUT2D eigenvalue weighted by Crippen LogP contribution is 2.40. The van der Waals surface area contributed by atoms with Crippen LogP contribution in [0.1, 0.15) is 205 Å². The third-order valence-electron chi connectivity index (χ3n) is 11.0. The van der Waals surface area contributed by atoms with Gasteiger partial charge in [-0.05, 0) is 82.6 Å². The lowest BCUT2D eigenvalue weighted by Gasteiger charge is -2.12. The fraction of sp³-hybridized carbons (Fsp3) is 0.696. The molecular formula is C46H72S2. The first-order valence-electron chi connectivity index (χ1n) is 21.1. The summed E-state index contributed by atoms with van der Waals surface area (Å²) in [7, 11) is 0. The van der Waals surface area contributed by atoms with E-state index in [1.807, 2.05) is 22.7 Å². The monoisotopic (exact) mass is 689 g/mol. The Morgan fingerprint density at radius 1 is 0.333 bits per heavy atom. The van der Waals surface area contributed by atoms with Crippen molar-refractivity contribution < 1.29 is 0 Å². The minimum atomic E-state index is 1.23. The first kappa shape index (κ1) is 39.4. The maximum atomic E-state index is 2.59. The number of aryl methyl sites for hydroxylation is 2. The molecule has 0 N–H and O–H groups in total. The number of fused-ring (bicyclic) bond motifs is 5. The zero-order chi connectivity index (χ0) is 33.5. The highest BCUT2D eigenvalue weighted by Gasteiger charge is 2.14. The summed E-state index contributed by atoms with van der Waals surface area (Å²) >= 11 is 3.93. The molecule has 2 heteroatoms. The quantitative estimate of drug-likeness (QED) is 0.0478. The number of thiophene rings is 2. The van der Waals surface area contributed by atoms with Gasteiger partial charge in [0.05, 0.1) is 0 Å². The maximum Gasteiger partial charge on any atom is 0.0424 e. The minimum Gasteiger partial charge on any atom is -0.143 e. The Bertz CT molecular complexity index is 1270. The van der Waals surface area contributed by atoms with Gasteiger partial charge in [0.1, 0.15) is 0 Å². The largest absolute Gasteiger partial charge is 0.143 e. The second kappa shape index (κ2) is 24.7. The Hall–Kier alpha value is -1.38. The van der Waals surface area contributed by atoms with E-state index >= 15 is 0 Å². The molecule has 2 heterocycles. The van der Waals surface area contributed by atoms with E-state index in [4.69, 9.17) is 0 Å². The van der Waals surface area contributed by atoms with Crippen molar-refractivity contribution in [2.75, 3.05) is 0 Å². The number of unbranched alkanes of at least 4 members (excludes halogenated alkanes) is 26. The van der Waals surface area contributed by atoms with E-state index < -0.39 is 0 Å². The van der Waals surface area contributed by atoms with Crippen LogP contribution in [0.2, 0.25) is 0 Å². The molecule has 2 aromatic heterocycles. The second-order valence-electron chi connectivity index (χ2n) is 15.2. The average molecular weight is 689 g/mol. The summed E-state index contributed by atoms with van der Waals surface area (Å²) in [6, 6.07) is 9.98. The Morgan fingerprint density at radius 3 is 0.896 bits per heavy atom. The molecule has 0 unspecified atom stereocenters. The molecule has 0 aliphatic rings. The van der Waals surface area contributed by atoms with Crippen molar-refractivity contribution in [3.05, 3.63) is 46.2 Å². The van der Waals surface area contributed by atoms with Crippen molar-refractivity contribution in [2.24, 2.45) is 0 Å². The predicted octanol–water partition coefficient (Wildman–Crippen LogP) is 17.3. The number of rotatable bonds is 30.